The van der Waals surface area contributed by atoms with Gasteiger partial charge >= 0.3 is 0 Å². The van der Waals surface area contributed by atoms with Crippen LogP contribution in [0.1, 0.15) is 32.3 Å². The summed E-state index contributed by atoms with van der Waals surface area (Å²) < 4.78 is 24.9. The SMILES string of the molecule is CCc1cc(Nc2ncnc(Nc3ccc4nccnc4c3P(C)(C)=O)n2)c(OC)cc1N1CCC(N2CCOC(C)C2)CC1. The number of nitrogens with one attached hydrogen (secondary N) is 2. The number of nitrogens with zero attached hydrogens (tertiary/aromatic N) is 7. The number of piperidine rings is 1. The third-order valence-corrected chi connectivity index (χ3v) is 10.1. The highest BCUT2D eigenvalue weighted by Crippen LogP contribution is 2.41. The van der Waals surface area contributed by atoms with Crippen LogP contribution in [-0.2, 0) is 15.7 Å². The van der Waals surface area contributed by atoms with Crippen molar-refractivity contribution in [3.63, 3.8) is 0 Å². The van der Waals surface area contributed by atoms with E-state index in [0.29, 0.717) is 46.1 Å². The van der Waals surface area contributed by atoms with E-state index in [-0.39, 0.29) is 0 Å². The molecule has 2 aliphatic heterocycles. The van der Waals surface area contributed by atoms with Crippen LogP contribution in [0, 0.1) is 0 Å². The van der Waals surface area contributed by atoms with Crippen molar-refractivity contribution >= 4 is 52.4 Å². The number of morpholine rings is 1. The van der Waals surface area contributed by atoms with Gasteiger partial charge in [0.05, 0.1) is 42.0 Å². The maximum Gasteiger partial charge on any atom is 0.232 e. The number of hydrogen-bond acceptors (Lipinski definition) is 12. The molecule has 45 heavy (non-hydrogen) atoms. The summed E-state index contributed by atoms with van der Waals surface area (Å²) in [6.07, 6.45) is 8.12. The summed E-state index contributed by atoms with van der Waals surface area (Å²) in [5.41, 5.74) is 5.12. The Morgan fingerprint density at radius 2 is 1.73 bits per heavy atom. The van der Waals surface area contributed by atoms with Crippen molar-refractivity contribution in [2.45, 2.75) is 45.3 Å². The first-order valence-electron chi connectivity index (χ1n) is 15.6. The maximum absolute atomic E-state index is 13.3. The largest absolute Gasteiger partial charge is 0.494 e. The van der Waals surface area contributed by atoms with Gasteiger partial charge in [-0.3, -0.25) is 14.9 Å². The second-order valence-corrected chi connectivity index (χ2v) is 15.2. The van der Waals surface area contributed by atoms with Crippen LogP contribution in [0.2, 0.25) is 0 Å². The molecule has 238 valence electrons. The molecule has 0 spiro atoms. The second kappa shape index (κ2) is 13.2. The van der Waals surface area contributed by atoms with Crippen molar-refractivity contribution < 1.29 is 14.0 Å². The molecule has 0 saturated carbocycles. The second-order valence-electron chi connectivity index (χ2n) is 12.0. The van der Waals surface area contributed by atoms with E-state index in [9.17, 15) is 4.57 Å². The van der Waals surface area contributed by atoms with Crippen molar-refractivity contribution in [3.8, 4) is 5.75 Å². The quantitative estimate of drug-likeness (QED) is 0.246. The number of ether oxygens (including phenoxy) is 2. The summed E-state index contributed by atoms with van der Waals surface area (Å²) in [6, 6.07) is 8.54. The minimum atomic E-state index is -2.73. The highest BCUT2D eigenvalue weighted by Gasteiger charge is 2.29. The number of rotatable bonds is 9. The number of anilines is 5. The van der Waals surface area contributed by atoms with Crippen molar-refractivity contribution in [2.75, 3.05) is 68.8 Å². The zero-order valence-corrected chi connectivity index (χ0v) is 27.5. The van der Waals surface area contributed by atoms with Gasteiger partial charge in [-0.05, 0) is 63.3 Å². The van der Waals surface area contributed by atoms with E-state index in [0.717, 1.165) is 63.5 Å². The predicted octanol–water partition coefficient (Wildman–Crippen LogP) is 4.81. The van der Waals surface area contributed by atoms with E-state index in [2.05, 4.69) is 71.3 Å². The summed E-state index contributed by atoms with van der Waals surface area (Å²) in [5.74, 6) is 1.39. The summed E-state index contributed by atoms with van der Waals surface area (Å²) in [5, 5.41) is 7.19. The Bertz CT molecular complexity index is 1710. The molecule has 2 N–H and O–H groups in total. The van der Waals surface area contributed by atoms with Gasteiger partial charge in [0.2, 0.25) is 11.9 Å². The molecular weight excluding hydrogens is 589 g/mol. The van der Waals surface area contributed by atoms with Crippen molar-refractivity contribution in [1.82, 2.24) is 29.8 Å². The van der Waals surface area contributed by atoms with Gasteiger partial charge in [-0.25, -0.2) is 9.97 Å². The van der Waals surface area contributed by atoms with Gasteiger partial charge < -0.3 is 29.6 Å². The first-order valence-corrected chi connectivity index (χ1v) is 18.2. The van der Waals surface area contributed by atoms with Crippen LogP contribution in [0.25, 0.3) is 11.0 Å². The molecular formula is C32H42N9O3P. The number of aryl methyl sites for hydroxylation is 1. The average Bonchev–Trinajstić information content (AvgIpc) is 3.04. The lowest BCUT2D eigenvalue weighted by Crippen LogP contribution is -2.51. The molecule has 6 rings (SSSR count). The minimum Gasteiger partial charge on any atom is -0.494 e. The van der Waals surface area contributed by atoms with E-state index >= 15 is 0 Å². The van der Waals surface area contributed by atoms with E-state index in [1.165, 1.54) is 17.6 Å². The molecule has 2 fully saturated rings. The van der Waals surface area contributed by atoms with Crippen molar-refractivity contribution in [1.29, 1.82) is 0 Å². The van der Waals surface area contributed by atoms with Crippen LogP contribution in [-0.4, -0.2) is 95.2 Å². The summed E-state index contributed by atoms with van der Waals surface area (Å²) in [7, 11) is -1.05. The smallest absolute Gasteiger partial charge is 0.232 e. The molecule has 1 atom stereocenters. The molecule has 4 heterocycles. The van der Waals surface area contributed by atoms with E-state index < -0.39 is 7.14 Å². The van der Waals surface area contributed by atoms with E-state index in [4.69, 9.17) is 9.47 Å². The van der Waals surface area contributed by atoms with E-state index in [1.54, 1.807) is 32.8 Å². The Balaban J connectivity index is 1.21. The minimum absolute atomic E-state index is 0.307. The third kappa shape index (κ3) is 6.88. The Kier molecular flexibility index (Phi) is 9.16. The summed E-state index contributed by atoms with van der Waals surface area (Å²) >= 11 is 0. The van der Waals surface area contributed by atoms with Gasteiger partial charge in [0.15, 0.2) is 0 Å². The third-order valence-electron chi connectivity index (χ3n) is 8.59. The molecule has 0 bridgehead atoms. The van der Waals surface area contributed by atoms with Crippen LogP contribution >= 0.6 is 7.14 Å². The molecule has 2 aromatic carbocycles. The fourth-order valence-electron chi connectivity index (χ4n) is 6.43. The first kappa shape index (κ1) is 31.1. The molecule has 0 amide bonds. The Morgan fingerprint density at radius 3 is 2.42 bits per heavy atom. The van der Waals surface area contributed by atoms with Crippen LogP contribution < -0.4 is 25.6 Å². The monoisotopic (exact) mass is 631 g/mol. The number of aromatic nitrogens is 5. The highest BCUT2D eigenvalue weighted by atomic mass is 31.2. The zero-order valence-electron chi connectivity index (χ0n) is 26.7. The molecule has 2 aliphatic rings. The predicted molar refractivity (Wildman–Crippen MR) is 180 cm³/mol. The van der Waals surface area contributed by atoms with E-state index in [1.807, 2.05) is 12.1 Å². The number of methoxy groups -OCH3 is 1. The van der Waals surface area contributed by atoms with Gasteiger partial charge in [0.1, 0.15) is 24.7 Å². The van der Waals surface area contributed by atoms with Crippen LogP contribution in [0.15, 0.2) is 43.0 Å². The maximum atomic E-state index is 13.3. The molecule has 12 nitrogen and oxygen atoms in total. The Morgan fingerprint density at radius 1 is 1.00 bits per heavy atom. The molecule has 1 unspecified atom stereocenters. The lowest BCUT2D eigenvalue weighted by atomic mass is 9.99. The van der Waals surface area contributed by atoms with Gasteiger partial charge in [-0.15, -0.1) is 0 Å². The van der Waals surface area contributed by atoms with Crippen molar-refractivity contribution in [2.24, 2.45) is 0 Å². The zero-order chi connectivity index (χ0) is 31.6. The normalized spacial score (nSPS) is 18.2. The lowest BCUT2D eigenvalue weighted by molar-refractivity contribution is -0.0373. The Labute approximate surface area is 264 Å². The molecule has 4 aromatic rings. The van der Waals surface area contributed by atoms with Gasteiger partial charge in [0.25, 0.3) is 0 Å². The van der Waals surface area contributed by atoms with Crippen LogP contribution in [0.5, 0.6) is 5.75 Å². The Hall–Kier alpha value is -3.86. The topological polar surface area (TPSA) is 131 Å². The summed E-state index contributed by atoms with van der Waals surface area (Å²) in [4.78, 5) is 27.2. The van der Waals surface area contributed by atoms with Crippen LogP contribution in [0.4, 0.5) is 29.0 Å². The first-order chi connectivity index (χ1) is 21.7. The average molecular weight is 632 g/mol. The fraction of sp³-hybridized carbons (Fsp3) is 0.469. The fourth-order valence-corrected chi connectivity index (χ4v) is 7.83. The molecule has 2 aromatic heterocycles. The standard InChI is InChI=1S/C32H42N9O3P/c1-6-22-17-26(28(43-3)18-27(22)40-13-9-23(10-14-40)41-15-16-44-21(2)19-41)38-32-36-20-35-31(39-32)37-25-8-7-24-29(34-12-11-33-24)30(25)45(4,5)42/h7-8,11-12,17-18,20-21,23H,6,9-10,13-16,19H2,1-5H3,(H2,35,36,37,38,39). The number of benzene rings is 2. The summed E-state index contributed by atoms with van der Waals surface area (Å²) in [6.45, 7) is 12.7. The molecule has 0 radical (unpaired) electrons. The lowest BCUT2D eigenvalue weighted by Gasteiger charge is -2.42. The van der Waals surface area contributed by atoms with Gasteiger partial charge in [-0.1, -0.05) is 6.92 Å². The molecule has 13 heteroatoms. The number of fused-ring (bicyclic) bond motifs is 1. The van der Waals surface area contributed by atoms with Crippen molar-refractivity contribution in [3.05, 3.63) is 48.5 Å². The number of hydrogen-bond donors (Lipinski definition) is 2. The highest BCUT2D eigenvalue weighted by molar-refractivity contribution is 7.71. The molecule has 0 aliphatic carbocycles. The van der Waals surface area contributed by atoms with Crippen LogP contribution in [0.3, 0.4) is 0 Å². The van der Waals surface area contributed by atoms with Gasteiger partial charge in [-0.2, -0.15) is 4.98 Å². The molecule has 2 saturated heterocycles. The van der Waals surface area contributed by atoms with Gasteiger partial charge in [0, 0.05) is 56.4 Å².